The molecule has 0 fully saturated rings. The van der Waals surface area contributed by atoms with Crippen LogP contribution in [0.15, 0.2) is 65.1 Å². The first-order chi connectivity index (χ1) is 21.3. The third kappa shape index (κ3) is 8.56. The molecule has 2 aliphatic rings. The van der Waals surface area contributed by atoms with Gasteiger partial charge in [0.2, 0.25) is 5.36 Å². The molecule has 4 rings (SSSR count). The van der Waals surface area contributed by atoms with E-state index in [9.17, 15) is 4.79 Å². The van der Waals surface area contributed by atoms with Crippen LogP contribution in [0.1, 0.15) is 49.5 Å². The van der Waals surface area contributed by atoms with Gasteiger partial charge in [0.25, 0.3) is 5.91 Å². The van der Waals surface area contributed by atoms with Gasteiger partial charge in [0.05, 0.1) is 46.5 Å². The van der Waals surface area contributed by atoms with E-state index in [1.165, 1.54) is 0 Å². The molecule has 2 aromatic carbocycles. The van der Waals surface area contributed by atoms with Crippen molar-refractivity contribution in [3.63, 3.8) is 0 Å². The molecule has 7 heteroatoms. The van der Waals surface area contributed by atoms with Crippen molar-refractivity contribution in [1.29, 1.82) is 0 Å². The van der Waals surface area contributed by atoms with Gasteiger partial charge < -0.3 is 23.7 Å². The molecule has 1 aliphatic heterocycles. The minimum atomic E-state index is -0.0599. The van der Waals surface area contributed by atoms with Crippen LogP contribution in [-0.4, -0.2) is 83.6 Å². The average Bonchev–Trinajstić information content (AvgIpc) is 3.02. The second kappa shape index (κ2) is 16.0. The van der Waals surface area contributed by atoms with Gasteiger partial charge in [-0.2, -0.15) is 0 Å². The monoisotopic (exact) mass is 601 g/mol. The lowest BCUT2D eigenvalue weighted by atomic mass is 9.90. The molecule has 2 aromatic rings. The number of hydrogen-bond donors (Lipinski definition) is 1. The zero-order valence-corrected chi connectivity index (χ0v) is 27.6. The van der Waals surface area contributed by atoms with Crippen LogP contribution in [-0.2, 0) is 9.47 Å². The highest BCUT2D eigenvalue weighted by Crippen LogP contribution is 2.41. The van der Waals surface area contributed by atoms with E-state index < -0.39 is 0 Å². The van der Waals surface area contributed by atoms with Crippen molar-refractivity contribution in [3.8, 4) is 22.5 Å². The number of nitrogens with one attached hydrogen (secondary N) is 1. The van der Waals surface area contributed by atoms with Crippen LogP contribution >= 0.6 is 0 Å². The Hall–Kier alpha value is -3.52. The summed E-state index contributed by atoms with van der Waals surface area (Å²) >= 11 is 0. The minimum absolute atomic E-state index is 0.0599. The van der Waals surface area contributed by atoms with Crippen LogP contribution in [0, 0.1) is 6.92 Å². The minimum Gasteiger partial charge on any atom is -0.456 e. The Bertz CT molecular complexity index is 1570. The Morgan fingerprint density at radius 2 is 1.61 bits per heavy atom. The molecule has 0 aromatic heterocycles. The largest absolute Gasteiger partial charge is 0.456 e. The standard InChI is InChI=1S/C37H50N3O4/c1-7-22-42-24-25-43-23-21-40(5,6)20-12-19-38-37(41)31-14-11-10-13-30(31)36-32-17-15-28(4)26-34(32)44-35-27-29(16-18-33(35)36)39(8-2)9-3/h10-11,13-18,26-27H,7-9,12,19-25H2,1-6H3/q+1/p+1. The molecule has 1 amide bonds. The maximum atomic E-state index is 13.7. The number of benzene rings is 3. The van der Waals surface area contributed by atoms with E-state index in [-0.39, 0.29) is 5.91 Å². The van der Waals surface area contributed by atoms with Gasteiger partial charge in [-0.3, -0.25) is 4.79 Å². The number of fused-ring (bicyclic) bond motifs is 2. The fourth-order valence-electron chi connectivity index (χ4n) is 5.65. The van der Waals surface area contributed by atoms with E-state index in [1.54, 1.807) is 0 Å². The van der Waals surface area contributed by atoms with Crippen molar-refractivity contribution in [1.82, 2.24) is 9.89 Å². The molecule has 1 aliphatic carbocycles. The van der Waals surface area contributed by atoms with E-state index in [0.717, 1.165) is 94.5 Å². The molecule has 1 N–H and O–H groups in total. The van der Waals surface area contributed by atoms with Gasteiger partial charge in [-0.25, -0.2) is 4.58 Å². The van der Waals surface area contributed by atoms with Crippen LogP contribution in [0.3, 0.4) is 0 Å². The maximum Gasteiger partial charge on any atom is 0.251 e. The second-order valence-corrected chi connectivity index (χ2v) is 12.1. The Morgan fingerprint density at radius 1 is 0.864 bits per heavy atom. The van der Waals surface area contributed by atoms with Crippen molar-refractivity contribution in [2.45, 2.75) is 40.5 Å². The van der Waals surface area contributed by atoms with Gasteiger partial charge in [-0.15, -0.1) is 0 Å². The zero-order valence-electron chi connectivity index (χ0n) is 27.6. The van der Waals surface area contributed by atoms with Crippen molar-refractivity contribution >= 4 is 16.9 Å². The van der Waals surface area contributed by atoms with Gasteiger partial charge in [-0.05, 0) is 56.5 Å². The summed E-state index contributed by atoms with van der Waals surface area (Å²) in [5.41, 5.74) is 5.54. The SMILES string of the molecule is CCCOCCOCC[N+](C)(C)CCCNC(=O)c1ccccc1-c1c2ccc(=[N+](CC)CC)cc-2oc2cc(C)ccc12. The van der Waals surface area contributed by atoms with Gasteiger partial charge in [0.15, 0.2) is 0 Å². The molecule has 0 saturated heterocycles. The van der Waals surface area contributed by atoms with E-state index in [0.29, 0.717) is 31.9 Å². The number of carbonyl (C=O) groups is 1. The second-order valence-electron chi connectivity index (χ2n) is 12.1. The highest BCUT2D eigenvalue weighted by molar-refractivity contribution is 6.09. The fourth-order valence-corrected chi connectivity index (χ4v) is 5.65. The summed E-state index contributed by atoms with van der Waals surface area (Å²) in [5.74, 6) is 0.755. The van der Waals surface area contributed by atoms with Gasteiger partial charge in [0.1, 0.15) is 31.0 Å². The molecule has 0 bridgehead atoms. The number of aryl methyl sites for hydroxylation is 1. The van der Waals surface area contributed by atoms with E-state index >= 15 is 0 Å². The lowest BCUT2D eigenvalue weighted by Gasteiger charge is -2.29. The number of quaternary nitrogens is 1. The molecule has 0 saturated carbocycles. The van der Waals surface area contributed by atoms with Gasteiger partial charge in [-0.1, -0.05) is 37.3 Å². The predicted octanol–water partition coefficient (Wildman–Crippen LogP) is 5.96. The molecular weight excluding hydrogens is 550 g/mol. The molecule has 7 nitrogen and oxygen atoms in total. The summed E-state index contributed by atoms with van der Waals surface area (Å²) in [6, 6.07) is 20.6. The molecule has 44 heavy (non-hydrogen) atoms. The number of hydrogen-bond acceptors (Lipinski definition) is 4. The molecular formula is C37H51N3O4+2. The number of carbonyl (C=O) groups excluding carboxylic acids is 1. The smallest absolute Gasteiger partial charge is 0.251 e. The molecule has 0 spiro atoms. The van der Waals surface area contributed by atoms with E-state index in [4.69, 9.17) is 13.9 Å². The van der Waals surface area contributed by atoms with Crippen LogP contribution in [0.5, 0.6) is 0 Å². The maximum absolute atomic E-state index is 13.7. The number of nitrogens with zero attached hydrogens (tertiary/aromatic N) is 2. The first kappa shape index (κ1) is 33.4. The number of amides is 1. The summed E-state index contributed by atoms with van der Waals surface area (Å²) in [5, 5.41) is 5.32. The number of ether oxygens (including phenoxy) is 2. The van der Waals surface area contributed by atoms with E-state index in [2.05, 4.69) is 94.1 Å². The van der Waals surface area contributed by atoms with Crippen molar-refractivity contribution in [2.75, 3.05) is 73.2 Å². The van der Waals surface area contributed by atoms with Crippen molar-refractivity contribution in [3.05, 3.63) is 77.1 Å². The fraction of sp³-hybridized carbons (Fsp3) is 0.459. The Kier molecular flexibility index (Phi) is 12.1. The topological polar surface area (TPSA) is 63.7 Å². The summed E-state index contributed by atoms with van der Waals surface area (Å²) in [6.07, 6.45) is 1.91. The third-order valence-corrected chi connectivity index (χ3v) is 8.22. The van der Waals surface area contributed by atoms with Crippen molar-refractivity contribution in [2.24, 2.45) is 0 Å². The summed E-state index contributed by atoms with van der Waals surface area (Å²) in [6.45, 7) is 15.6. The number of rotatable bonds is 16. The Morgan fingerprint density at radius 3 is 2.36 bits per heavy atom. The molecule has 0 unspecified atom stereocenters. The highest BCUT2D eigenvalue weighted by Gasteiger charge is 2.22. The Labute approximate surface area is 263 Å². The lowest BCUT2D eigenvalue weighted by Crippen LogP contribution is -2.44. The zero-order chi connectivity index (χ0) is 31.5. The molecule has 0 atom stereocenters. The third-order valence-electron chi connectivity index (χ3n) is 8.22. The molecule has 236 valence electrons. The summed E-state index contributed by atoms with van der Waals surface area (Å²) in [7, 11) is 4.41. The number of likely N-dealkylation sites (N-methyl/N-ethyl adjacent to an activating group) is 1. The summed E-state index contributed by atoms with van der Waals surface area (Å²) < 4.78 is 20.9. The average molecular weight is 602 g/mol. The first-order valence-corrected chi connectivity index (χ1v) is 16.2. The van der Waals surface area contributed by atoms with Crippen molar-refractivity contribution < 1.29 is 23.2 Å². The highest BCUT2D eigenvalue weighted by atomic mass is 16.5. The normalized spacial score (nSPS) is 11.8. The van der Waals surface area contributed by atoms with E-state index in [1.807, 2.05) is 18.2 Å². The molecule has 0 radical (unpaired) electrons. The van der Waals surface area contributed by atoms with Crippen LogP contribution in [0.25, 0.3) is 33.4 Å². The van der Waals surface area contributed by atoms with Gasteiger partial charge in [0, 0.05) is 47.7 Å². The molecule has 1 heterocycles. The van der Waals surface area contributed by atoms with Crippen LogP contribution in [0.2, 0.25) is 0 Å². The first-order valence-electron chi connectivity index (χ1n) is 16.2. The predicted molar refractivity (Wildman–Crippen MR) is 180 cm³/mol. The van der Waals surface area contributed by atoms with Gasteiger partial charge >= 0.3 is 0 Å². The quantitative estimate of drug-likeness (QED) is 0.0745. The Balaban J connectivity index is 1.52. The van der Waals surface area contributed by atoms with Crippen LogP contribution in [0.4, 0.5) is 0 Å². The summed E-state index contributed by atoms with van der Waals surface area (Å²) in [4.78, 5) is 13.7. The lowest BCUT2D eigenvalue weighted by molar-refractivity contribution is -0.890. The van der Waals surface area contributed by atoms with Crippen LogP contribution < -0.4 is 15.2 Å².